The molecule has 142 valence electrons. The van der Waals surface area contributed by atoms with Gasteiger partial charge in [-0.05, 0) is 36.8 Å². The highest BCUT2D eigenvalue weighted by Gasteiger charge is 2.44. The molecule has 1 aromatic rings. The van der Waals surface area contributed by atoms with Crippen molar-refractivity contribution in [2.75, 3.05) is 20.3 Å². The molecular formula is C16H22F3NO4S. The Labute approximate surface area is 148 Å². The molecule has 2 aliphatic heterocycles. The van der Waals surface area contributed by atoms with Crippen LogP contribution in [0.1, 0.15) is 23.3 Å². The number of likely N-dealkylation sites (tertiary alicyclic amines) is 1. The molecule has 2 aliphatic rings. The molecule has 25 heavy (non-hydrogen) atoms. The summed E-state index contributed by atoms with van der Waals surface area (Å²) in [6.45, 7) is 5.15. The first-order valence-corrected chi connectivity index (χ1v) is 8.83. The van der Waals surface area contributed by atoms with E-state index in [0.29, 0.717) is 6.04 Å². The van der Waals surface area contributed by atoms with Gasteiger partial charge in [-0.15, -0.1) is 11.3 Å². The van der Waals surface area contributed by atoms with Gasteiger partial charge in [0.25, 0.3) is 0 Å². The molecule has 0 amide bonds. The van der Waals surface area contributed by atoms with E-state index in [0.717, 1.165) is 19.7 Å². The SMILES string of the molecule is CO[C@@H]1CN(Cc2sccc2C)[C@@H]2CCCO[C@@H]21.O=C(O)C(F)(F)F. The standard InChI is InChI=1S/C14H21NO2S.C2HF3O2/c1-10-5-7-18-13(10)9-15-8-12(16-2)14-11(15)4-3-6-17-14;3-2(4,5)1(6)7/h5,7,11-12,14H,3-4,6,8-9H2,1-2H3;(H,6,7)/t11-,12-,14+;/m1./s1. The lowest BCUT2D eigenvalue weighted by molar-refractivity contribution is -0.192. The Kier molecular flexibility index (Phi) is 6.84. The van der Waals surface area contributed by atoms with E-state index >= 15 is 0 Å². The van der Waals surface area contributed by atoms with E-state index < -0.39 is 12.1 Å². The van der Waals surface area contributed by atoms with Crippen LogP contribution in [0.5, 0.6) is 0 Å². The minimum Gasteiger partial charge on any atom is -0.475 e. The summed E-state index contributed by atoms with van der Waals surface area (Å²) in [6, 6.07) is 2.75. The summed E-state index contributed by atoms with van der Waals surface area (Å²) in [5.41, 5.74) is 1.41. The van der Waals surface area contributed by atoms with Crippen molar-refractivity contribution in [2.45, 2.75) is 50.7 Å². The van der Waals surface area contributed by atoms with Crippen LogP contribution in [0, 0.1) is 6.92 Å². The van der Waals surface area contributed by atoms with Crippen LogP contribution in [-0.2, 0) is 20.8 Å². The predicted octanol–water partition coefficient (Wildman–Crippen LogP) is 3.07. The van der Waals surface area contributed by atoms with E-state index in [9.17, 15) is 13.2 Å². The summed E-state index contributed by atoms with van der Waals surface area (Å²) >= 11 is 1.86. The summed E-state index contributed by atoms with van der Waals surface area (Å²) in [4.78, 5) is 12.9. The largest absolute Gasteiger partial charge is 0.490 e. The molecule has 3 atom stereocenters. The molecule has 3 heterocycles. The van der Waals surface area contributed by atoms with E-state index in [1.54, 1.807) is 7.11 Å². The van der Waals surface area contributed by atoms with Gasteiger partial charge in [0.2, 0.25) is 0 Å². The molecule has 2 saturated heterocycles. The Morgan fingerprint density at radius 1 is 1.52 bits per heavy atom. The lowest BCUT2D eigenvalue weighted by atomic mass is 10.0. The molecule has 0 aliphatic carbocycles. The average Bonchev–Trinajstić information content (AvgIpc) is 3.12. The quantitative estimate of drug-likeness (QED) is 0.872. The minimum atomic E-state index is -5.08. The zero-order valence-corrected chi connectivity index (χ0v) is 14.9. The van der Waals surface area contributed by atoms with Gasteiger partial charge >= 0.3 is 12.1 Å². The molecular weight excluding hydrogens is 359 g/mol. The zero-order chi connectivity index (χ0) is 18.6. The molecule has 2 fully saturated rings. The summed E-state index contributed by atoms with van der Waals surface area (Å²) < 4.78 is 43.3. The lowest BCUT2D eigenvalue weighted by Gasteiger charge is -2.32. The van der Waals surface area contributed by atoms with Gasteiger partial charge in [0.15, 0.2) is 0 Å². The number of aliphatic carboxylic acids is 1. The van der Waals surface area contributed by atoms with E-state index in [2.05, 4.69) is 23.3 Å². The molecule has 1 N–H and O–H groups in total. The van der Waals surface area contributed by atoms with Crippen LogP contribution in [-0.4, -0.2) is 60.7 Å². The number of thiophene rings is 1. The second-order valence-electron chi connectivity index (χ2n) is 6.08. The Bertz CT molecular complexity index is 578. The van der Waals surface area contributed by atoms with Gasteiger partial charge < -0.3 is 14.6 Å². The van der Waals surface area contributed by atoms with Crippen LogP contribution in [0.3, 0.4) is 0 Å². The minimum absolute atomic E-state index is 0.246. The fourth-order valence-electron chi connectivity index (χ4n) is 3.14. The zero-order valence-electron chi connectivity index (χ0n) is 14.1. The van der Waals surface area contributed by atoms with Crippen LogP contribution < -0.4 is 0 Å². The number of rotatable bonds is 3. The van der Waals surface area contributed by atoms with Crippen molar-refractivity contribution in [1.82, 2.24) is 4.90 Å². The maximum absolute atomic E-state index is 10.6. The first-order chi connectivity index (χ1) is 11.7. The van der Waals surface area contributed by atoms with Crippen LogP contribution in [0.4, 0.5) is 13.2 Å². The van der Waals surface area contributed by atoms with Crippen molar-refractivity contribution < 1.29 is 32.5 Å². The van der Waals surface area contributed by atoms with Crippen LogP contribution in [0.25, 0.3) is 0 Å². The Morgan fingerprint density at radius 3 is 2.72 bits per heavy atom. The van der Waals surface area contributed by atoms with E-state index in [1.165, 1.54) is 23.3 Å². The smallest absolute Gasteiger partial charge is 0.475 e. The first-order valence-electron chi connectivity index (χ1n) is 7.95. The number of hydrogen-bond acceptors (Lipinski definition) is 5. The molecule has 0 radical (unpaired) electrons. The molecule has 0 bridgehead atoms. The van der Waals surface area contributed by atoms with Gasteiger partial charge in [0, 0.05) is 37.7 Å². The number of carboxylic acid groups (broad SMARTS) is 1. The number of hydrogen-bond donors (Lipinski definition) is 1. The fraction of sp³-hybridized carbons (Fsp3) is 0.688. The van der Waals surface area contributed by atoms with E-state index in [1.807, 2.05) is 11.3 Å². The van der Waals surface area contributed by atoms with E-state index in [4.69, 9.17) is 19.4 Å². The predicted molar refractivity (Wildman–Crippen MR) is 86.7 cm³/mol. The van der Waals surface area contributed by atoms with Crippen molar-refractivity contribution in [2.24, 2.45) is 0 Å². The summed E-state index contributed by atoms with van der Waals surface area (Å²) in [6.07, 6.45) is -2.13. The second kappa shape index (κ2) is 8.48. The third-order valence-corrected chi connectivity index (χ3v) is 5.45. The summed E-state index contributed by atoms with van der Waals surface area (Å²) in [7, 11) is 1.81. The van der Waals surface area contributed by atoms with Crippen molar-refractivity contribution in [3.63, 3.8) is 0 Å². The average molecular weight is 381 g/mol. The van der Waals surface area contributed by atoms with Gasteiger partial charge in [0.05, 0.1) is 6.10 Å². The van der Waals surface area contributed by atoms with Gasteiger partial charge in [0.1, 0.15) is 6.10 Å². The fourth-order valence-corrected chi connectivity index (χ4v) is 4.07. The topological polar surface area (TPSA) is 59.0 Å². The molecule has 0 saturated carbocycles. The summed E-state index contributed by atoms with van der Waals surface area (Å²) in [5.74, 6) is -2.76. The maximum Gasteiger partial charge on any atom is 0.490 e. The number of aryl methyl sites for hydroxylation is 1. The van der Waals surface area contributed by atoms with Gasteiger partial charge in [-0.2, -0.15) is 13.2 Å². The number of ether oxygens (including phenoxy) is 2. The van der Waals surface area contributed by atoms with Gasteiger partial charge in [-0.1, -0.05) is 0 Å². The number of nitrogens with zero attached hydrogens (tertiary/aromatic N) is 1. The van der Waals surface area contributed by atoms with Crippen LogP contribution >= 0.6 is 11.3 Å². The normalized spacial score (nSPS) is 26.7. The van der Waals surface area contributed by atoms with Gasteiger partial charge in [-0.25, -0.2) is 4.79 Å². The molecule has 1 aromatic heterocycles. The number of methoxy groups -OCH3 is 1. The van der Waals surface area contributed by atoms with Crippen molar-refractivity contribution in [1.29, 1.82) is 0 Å². The third kappa shape index (κ3) is 5.16. The van der Waals surface area contributed by atoms with Crippen LogP contribution in [0.15, 0.2) is 11.4 Å². The second-order valence-corrected chi connectivity index (χ2v) is 7.08. The first kappa shape index (κ1) is 20.2. The Hall–Kier alpha value is -1.16. The molecule has 0 spiro atoms. The number of carbonyl (C=O) groups is 1. The molecule has 3 rings (SSSR count). The number of carboxylic acids is 1. The van der Waals surface area contributed by atoms with Crippen molar-refractivity contribution in [3.05, 3.63) is 21.9 Å². The number of alkyl halides is 3. The highest BCUT2D eigenvalue weighted by Crippen LogP contribution is 2.32. The van der Waals surface area contributed by atoms with Crippen molar-refractivity contribution in [3.8, 4) is 0 Å². The Morgan fingerprint density at radius 2 is 2.20 bits per heavy atom. The van der Waals surface area contributed by atoms with Crippen molar-refractivity contribution >= 4 is 17.3 Å². The molecule has 0 aromatic carbocycles. The van der Waals surface area contributed by atoms with Crippen LogP contribution in [0.2, 0.25) is 0 Å². The Balaban J connectivity index is 0.000000277. The highest BCUT2D eigenvalue weighted by atomic mass is 32.1. The molecule has 5 nitrogen and oxygen atoms in total. The van der Waals surface area contributed by atoms with Gasteiger partial charge in [-0.3, -0.25) is 4.90 Å². The monoisotopic (exact) mass is 381 g/mol. The molecule has 0 unspecified atom stereocenters. The van der Waals surface area contributed by atoms with E-state index in [-0.39, 0.29) is 12.2 Å². The lowest BCUT2D eigenvalue weighted by Crippen LogP contribution is -2.41. The summed E-state index contributed by atoms with van der Waals surface area (Å²) in [5, 5.41) is 9.31. The maximum atomic E-state index is 10.6. The number of fused-ring (bicyclic) bond motifs is 1. The number of halogens is 3. The highest BCUT2D eigenvalue weighted by molar-refractivity contribution is 7.10. The third-order valence-electron chi connectivity index (χ3n) is 4.44. The molecule has 9 heteroatoms.